The van der Waals surface area contributed by atoms with E-state index in [2.05, 4.69) is 36.2 Å². The van der Waals surface area contributed by atoms with E-state index in [9.17, 15) is 0 Å². The molecule has 1 aromatic heterocycles. The van der Waals surface area contributed by atoms with Crippen LogP contribution in [-0.2, 0) is 0 Å². The van der Waals surface area contributed by atoms with Gasteiger partial charge < -0.3 is 4.90 Å². The third kappa shape index (κ3) is 2.02. The van der Waals surface area contributed by atoms with E-state index in [1.165, 1.54) is 10.4 Å². The van der Waals surface area contributed by atoms with Gasteiger partial charge in [0.1, 0.15) is 0 Å². The molecule has 2 aromatic rings. The first-order valence-corrected chi connectivity index (χ1v) is 5.70. The lowest BCUT2D eigenvalue weighted by molar-refractivity contribution is 1.09. The molecule has 0 aliphatic carbocycles. The van der Waals surface area contributed by atoms with Crippen LogP contribution in [0.25, 0.3) is 10.4 Å². The molecule has 0 N–H and O–H groups in total. The van der Waals surface area contributed by atoms with Gasteiger partial charge in [-0.15, -0.1) is 0 Å². The van der Waals surface area contributed by atoms with Crippen molar-refractivity contribution in [3.05, 3.63) is 36.0 Å². The van der Waals surface area contributed by atoms with E-state index in [0.29, 0.717) is 0 Å². The minimum atomic E-state index is 1.06. The summed E-state index contributed by atoms with van der Waals surface area (Å²) in [6.07, 6.45) is 0. The Labute approximate surface area is 94.2 Å². The van der Waals surface area contributed by atoms with Gasteiger partial charge in [-0.05, 0) is 12.5 Å². The Balaban J connectivity index is 2.45. The highest BCUT2D eigenvalue weighted by Crippen LogP contribution is 2.33. The van der Waals surface area contributed by atoms with Crippen molar-refractivity contribution < 1.29 is 0 Å². The van der Waals surface area contributed by atoms with Crippen molar-refractivity contribution in [2.45, 2.75) is 6.92 Å². The zero-order valence-electron chi connectivity index (χ0n) is 9.19. The van der Waals surface area contributed by atoms with E-state index < -0.39 is 0 Å². The summed E-state index contributed by atoms with van der Waals surface area (Å²) < 4.78 is 0. The summed E-state index contributed by atoms with van der Waals surface area (Å²) in [4.78, 5) is 7.84. The van der Waals surface area contributed by atoms with Gasteiger partial charge in [-0.1, -0.05) is 41.7 Å². The second kappa shape index (κ2) is 4.03. The quantitative estimate of drug-likeness (QED) is 0.769. The Kier molecular flexibility index (Phi) is 2.73. The smallest absolute Gasteiger partial charge is 0.185 e. The molecular formula is C12H14N2S. The van der Waals surface area contributed by atoms with E-state index in [1.54, 1.807) is 11.3 Å². The summed E-state index contributed by atoms with van der Waals surface area (Å²) in [6, 6.07) is 10.4. The van der Waals surface area contributed by atoms with Crippen LogP contribution in [0.5, 0.6) is 0 Å². The molecule has 78 valence electrons. The Morgan fingerprint density at radius 2 is 1.80 bits per heavy atom. The van der Waals surface area contributed by atoms with Crippen molar-refractivity contribution in [2.24, 2.45) is 0 Å². The van der Waals surface area contributed by atoms with Crippen molar-refractivity contribution in [2.75, 3.05) is 19.0 Å². The highest BCUT2D eigenvalue weighted by atomic mass is 32.1. The van der Waals surface area contributed by atoms with E-state index >= 15 is 0 Å². The first kappa shape index (κ1) is 10.2. The fourth-order valence-corrected chi connectivity index (χ4v) is 2.43. The maximum absolute atomic E-state index is 4.53. The Morgan fingerprint density at radius 1 is 1.13 bits per heavy atom. The molecule has 0 bridgehead atoms. The molecule has 0 aliphatic heterocycles. The largest absolute Gasteiger partial charge is 0.354 e. The lowest BCUT2D eigenvalue weighted by atomic mass is 10.2. The highest BCUT2D eigenvalue weighted by Gasteiger charge is 2.09. The molecule has 1 heterocycles. The molecule has 0 saturated carbocycles. The Bertz CT molecular complexity index is 446. The number of anilines is 1. The first-order valence-electron chi connectivity index (χ1n) is 4.88. The SMILES string of the molecule is Cc1nc(N(C)C)sc1-c1ccccc1. The van der Waals surface area contributed by atoms with Crippen LogP contribution in [0.2, 0.25) is 0 Å². The molecule has 15 heavy (non-hydrogen) atoms. The van der Waals surface area contributed by atoms with Crippen LogP contribution in [0, 0.1) is 6.92 Å². The number of benzene rings is 1. The standard InChI is InChI=1S/C12H14N2S/c1-9-11(10-7-5-4-6-8-10)15-12(13-9)14(2)3/h4-8H,1-3H3. The zero-order valence-corrected chi connectivity index (χ0v) is 10.0. The molecule has 0 fully saturated rings. The Morgan fingerprint density at radius 3 is 2.33 bits per heavy atom. The normalized spacial score (nSPS) is 10.3. The first-order chi connectivity index (χ1) is 7.18. The molecule has 0 atom stereocenters. The summed E-state index contributed by atoms with van der Waals surface area (Å²) in [5, 5.41) is 1.06. The monoisotopic (exact) mass is 218 g/mol. The molecule has 0 radical (unpaired) electrons. The lowest BCUT2D eigenvalue weighted by Crippen LogP contribution is -2.07. The third-order valence-electron chi connectivity index (χ3n) is 2.20. The van der Waals surface area contributed by atoms with Crippen LogP contribution >= 0.6 is 11.3 Å². The van der Waals surface area contributed by atoms with Crippen molar-refractivity contribution >= 4 is 16.5 Å². The summed E-state index contributed by atoms with van der Waals surface area (Å²) >= 11 is 1.74. The second-order valence-corrected chi connectivity index (χ2v) is 4.65. The number of aromatic nitrogens is 1. The molecule has 0 aliphatic rings. The predicted octanol–water partition coefficient (Wildman–Crippen LogP) is 3.18. The minimum Gasteiger partial charge on any atom is -0.354 e. The van der Waals surface area contributed by atoms with Gasteiger partial charge in [-0.2, -0.15) is 0 Å². The second-order valence-electron chi connectivity index (χ2n) is 3.67. The lowest BCUT2D eigenvalue weighted by Gasteiger charge is -2.05. The highest BCUT2D eigenvalue weighted by molar-refractivity contribution is 7.19. The molecule has 2 rings (SSSR count). The van der Waals surface area contributed by atoms with E-state index in [1.807, 2.05) is 25.1 Å². The average Bonchev–Trinajstić information content (AvgIpc) is 2.62. The van der Waals surface area contributed by atoms with Crippen molar-refractivity contribution in [3.63, 3.8) is 0 Å². The number of nitrogens with zero attached hydrogens (tertiary/aromatic N) is 2. The van der Waals surface area contributed by atoms with Crippen molar-refractivity contribution in [3.8, 4) is 10.4 Å². The molecule has 2 nitrogen and oxygen atoms in total. The van der Waals surface area contributed by atoms with Gasteiger partial charge in [0.05, 0.1) is 10.6 Å². The summed E-state index contributed by atoms with van der Waals surface area (Å²) in [7, 11) is 4.04. The van der Waals surface area contributed by atoms with Crippen LogP contribution in [0.3, 0.4) is 0 Å². The maximum atomic E-state index is 4.53. The molecule has 0 amide bonds. The van der Waals surface area contributed by atoms with Crippen molar-refractivity contribution in [1.82, 2.24) is 4.98 Å². The molecule has 3 heteroatoms. The van der Waals surface area contributed by atoms with Gasteiger partial charge in [-0.3, -0.25) is 0 Å². The Hall–Kier alpha value is -1.35. The van der Waals surface area contributed by atoms with E-state index in [4.69, 9.17) is 0 Å². The van der Waals surface area contributed by atoms with Gasteiger partial charge in [0.2, 0.25) is 0 Å². The number of hydrogen-bond acceptors (Lipinski definition) is 3. The number of rotatable bonds is 2. The van der Waals surface area contributed by atoms with Gasteiger partial charge in [0, 0.05) is 14.1 Å². The van der Waals surface area contributed by atoms with Crippen LogP contribution in [-0.4, -0.2) is 19.1 Å². The average molecular weight is 218 g/mol. The summed E-state index contributed by atoms with van der Waals surface area (Å²) in [5.74, 6) is 0. The molecule has 0 unspecified atom stereocenters. The molecular weight excluding hydrogens is 204 g/mol. The summed E-state index contributed by atoms with van der Waals surface area (Å²) in [6.45, 7) is 2.06. The van der Waals surface area contributed by atoms with Gasteiger partial charge in [0.25, 0.3) is 0 Å². The van der Waals surface area contributed by atoms with Crippen LogP contribution in [0.4, 0.5) is 5.13 Å². The number of aryl methyl sites for hydroxylation is 1. The van der Waals surface area contributed by atoms with Crippen LogP contribution < -0.4 is 4.90 Å². The maximum Gasteiger partial charge on any atom is 0.185 e. The third-order valence-corrected chi connectivity index (χ3v) is 3.58. The van der Waals surface area contributed by atoms with Crippen LogP contribution in [0.15, 0.2) is 30.3 Å². The molecule has 0 spiro atoms. The summed E-state index contributed by atoms with van der Waals surface area (Å²) in [5.41, 5.74) is 2.36. The van der Waals surface area contributed by atoms with E-state index in [0.717, 1.165) is 10.8 Å². The van der Waals surface area contributed by atoms with Gasteiger partial charge in [-0.25, -0.2) is 4.98 Å². The van der Waals surface area contributed by atoms with E-state index in [-0.39, 0.29) is 0 Å². The van der Waals surface area contributed by atoms with Crippen molar-refractivity contribution in [1.29, 1.82) is 0 Å². The fourth-order valence-electron chi connectivity index (χ4n) is 1.43. The minimum absolute atomic E-state index is 1.06. The molecule has 1 aromatic carbocycles. The zero-order chi connectivity index (χ0) is 10.8. The van der Waals surface area contributed by atoms with Gasteiger partial charge in [0.15, 0.2) is 5.13 Å². The van der Waals surface area contributed by atoms with Crippen LogP contribution in [0.1, 0.15) is 5.69 Å². The number of thiazole rings is 1. The molecule has 0 saturated heterocycles. The van der Waals surface area contributed by atoms with Gasteiger partial charge >= 0.3 is 0 Å². The predicted molar refractivity (Wildman–Crippen MR) is 66.6 cm³/mol. The number of hydrogen-bond donors (Lipinski definition) is 0. The topological polar surface area (TPSA) is 16.1 Å². The fraction of sp³-hybridized carbons (Fsp3) is 0.250.